The third-order valence-corrected chi connectivity index (χ3v) is 8.09. The van der Waals surface area contributed by atoms with E-state index in [9.17, 15) is 9.18 Å². The summed E-state index contributed by atoms with van der Waals surface area (Å²) in [6.45, 7) is 5.75. The van der Waals surface area contributed by atoms with Crippen LogP contribution in [0.4, 0.5) is 4.39 Å². The van der Waals surface area contributed by atoms with Crippen molar-refractivity contribution in [1.29, 1.82) is 0 Å². The predicted molar refractivity (Wildman–Crippen MR) is 117 cm³/mol. The van der Waals surface area contributed by atoms with Gasteiger partial charge in [0.2, 0.25) is 0 Å². The standard InChI is InChI=1S/C25H42FNO2/c1-3-4-5-6-18-7-9-19(10-8-18)20-11-13-21(14-12-20)25(28)29-22-15-16-24(27-2)23(26)17-22/h18-24H,2-17H2,1H3. The van der Waals surface area contributed by atoms with Gasteiger partial charge in [-0.1, -0.05) is 45.4 Å². The number of carbonyl (C=O) groups excluding carboxylic acids is 1. The summed E-state index contributed by atoms with van der Waals surface area (Å²) in [6.07, 6.45) is 15.8. The van der Waals surface area contributed by atoms with E-state index in [0.29, 0.717) is 12.8 Å². The predicted octanol–water partition coefficient (Wildman–Crippen LogP) is 6.68. The van der Waals surface area contributed by atoms with Crippen molar-refractivity contribution >= 4 is 12.7 Å². The average Bonchev–Trinajstić information content (AvgIpc) is 2.75. The van der Waals surface area contributed by atoms with Crippen molar-refractivity contribution in [3.63, 3.8) is 0 Å². The maximum Gasteiger partial charge on any atom is 0.309 e. The number of esters is 1. The van der Waals surface area contributed by atoms with Gasteiger partial charge in [0.05, 0.1) is 12.0 Å². The van der Waals surface area contributed by atoms with Crippen LogP contribution in [0.3, 0.4) is 0 Å². The van der Waals surface area contributed by atoms with Gasteiger partial charge in [-0.2, -0.15) is 0 Å². The number of hydrogen-bond donors (Lipinski definition) is 0. The number of carbonyl (C=O) groups is 1. The van der Waals surface area contributed by atoms with E-state index in [4.69, 9.17) is 4.74 Å². The summed E-state index contributed by atoms with van der Waals surface area (Å²) in [6, 6.07) is -0.317. The Morgan fingerprint density at radius 2 is 1.62 bits per heavy atom. The molecule has 3 atom stereocenters. The van der Waals surface area contributed by atoms with Gasteiger partial charge in [0.15, 0.2) is 0 Å². The quantitative estimate of drug-likeness (QED) is 0.256. The zero-order valence-electron chi connectivity index (χ0n) is 18.5. The van der Waals surface area contributed by atoms with E-state index in [1.54, 1.807) is 0 Å². The minimum absolute atomic E-state index is 0.0324. The van der Waals surface area contributed by atoms with E-state index in [-0.39, 0.29) is 30.5 Å². The first kappa shape index (κ1) is 22.7. The lowest BCUT2D eigenvalue weighted by Gasteiger charge is -2.38. The fraction of sp³-hybridized carbons (Fsp3) is 0.920. The molecule has 4 heteroatoms. The van der Waals surface area contributed by atoms with Crippen molar-refractivity contribution in [2.75, 3.05) is 0 Å². The molecule has 0 aromatic heterocycles. The van der Waals surface area contributed by atoms with Crippen molar-refractivity contribution in [2.24, 2.45) is 28.7 Å². The average molecular weight is 408 g/mol. The molecular weight excluding hydrogens is 365 g/mol. The van der Waals surface area contributed by atoms with E-state index in [0.717, 1.165) is 30.6 Å². The summed E-state index contributed by atoms with van der Waals surface area (Å²) in [5.74, 6) is 2.61. The SMILES string of the molecule is C=NC1CCC(OC(=O)C2CCC(C3CCC(CCCCC)CC3)CC2)CC1F. The smallest absolute Gasteiger partial charge is 0.309 e. The molecule has 0 N–H and O–H groups in total. The molecule has 166 valence electrons. The minimum atomic E-state index is -1.02. The van der Waals surface area contributed by atoms with Crippen molar-refractivity contribution in [2.45, 2.75) is 122 Å². The molecule has 3 aliphatic carbocycles. The van der Waals surface area contributed by atoms with Crippen LogP contribution >= 0.6 is 0 Å². The van der Waals surface area contributed by atoms with Gasteiger partial charge < -0.3 is 4.74 Å². The van der Waals surface area contributed by atoms with E-state index in [2.05, 4.69) is 18.6 Å². The van der Waals surface area contributed by atoms with Crippen LogP contribution in [0.2, 0.25) is 0 Å². The Hall–Kier alpha value is -0.930. The topological polar surface area (TPSA) is 38.7 Å². The number of ether oxygens (including phenoxy) is 1. The molecule has 3 aliphatic rings. The Labute approximate surface area is 177 Å². The Balaban J connectivity index is 1.34. The van der Waals surface area contributed by atoms with E-state index in [1.165, 1.54) is 64.2 Å². The molecule has 3 rings (SSSR count). The van der Waals surface area contributed by atoms with Crippen molar-refractivity contribution in [3.8, 4) is 0 Å². The van der Waals surface area contributed by atoms with Gasteiger partial charge in [0, 0.05) is 6.42 Å². The number of halogens is 1. The largest absolute Gasteiger partial charge is 0.462 e. The molecule has 3 fully saturated rings. The van der Waals surface area contributed by atoms with Crippen molar-refractivity contribution in [3.05, 3.63) is 0 Å². The van der Waals surface area contributed by atoms with Gasteiger partial charge in [-0.15, -0.1) is 0 Å². The third kappa shape index (κ3) is 6.52. The normalized spacial score (nSPS) is 38.3. The highest BCUT2D eigenvalue weighted by Crippen LogP contribution is 2.42. The van der Waals surface area contributed by atoms with E-state index in [1.807, 2.05) is 0 Å². The highest BCUT2D eigenvalue weighted by atomic mass is 19.1. The monoisotopic (exact) mass is 407 g/mol. The summed E-state index contributed by atoms with van der Waals surface area (Å²) < 4.78 is 19.7. The van der Waals surface area contributed by atoms with Crippen LogP contribution in [-0.4, -0.2) is 31.0 Å². The van der Waals surface area contributed by atoms with Gasteiger partial charge in [-0.05, 0) is 75.8 Å². The molecule has 0 aliphatic heterocycles. The summed E-state index contributed by atoms with van der Waals surface area (Å²) >= 11 is 0. The molecule has 0 heterocycles. The Kier molecular flexibility index (Phi) is 8.99. The molecule has 3 nitrogen and oxygen atoms in total. The summed E-state index contributed by atoms with van der Waals surface area (Å²) in [7, 11) is 0. The summed E-state index contributed by atoms with van der Waals surface area (Å²) in [4.78, 5) is 16.4. The molecule has 0 spiro atoms. The highest BCUT2D eigenvalue weighted by molar-refractivity contribution is 5.72. The molecule has 3 saturated carbocycles. The first-order chi connectivity index (χ1) is 14.1. The second kappa shape index (κ2) is 11.5. The maximum absolute atomic E-state index is 14.0. The van der Waals surface area contributed by atoms with Crippen LogP contribution < -0.4 is 0 Å². The Bertz CT molecular complexity index is 509. The Morgan fingerprint density at radius 1 is 0.966 bits per heavy atom. The molecule has 3 unspecified atom stereocenters. The fourth-order valence-electron chi connectivity index (χ4n) is 6.09. The number of nitrogens with zero attached hydrogens (tertiary/aromatic N) is 1. The van der Waals surface area contributed by atoms with Crippen LogP contribution in [0.5, 0.6) is 0 Å². The minimum Gasteiger partial charge on any atom is -0.462 e. The van der Waals surface area contributed by atoms with Crippen molar-refractivity contribution < 1.29 is 13.9 Å². The van der Waals surface area contributed by atoms with Gasteiger partial charge >= 0.3 is 5.97 Å². The second-order valence-electron chi connectivity index (χ2n) is 10.0. The molecular formula is C25H42FNO2. The molecule has 0 aromatic rings. The maximum atomic E-state index is 14.0. The zero-order chi connectivity index (χ0) is 20.6. The number of alkyl halides is 1. The second-order valence-corrected chi connectivity index (χ2v) is 10.0. The van der Waals surface area contributed by atoms with E-state index >= 15 is 0 Å². The van der Waals surface area contributed by atoms with Gasteiger partial charge in [-0.3, -0.25) is 9.79 Å². The van der Waals surface area contributed by atoms with Gasteiger partial charge in [-0.25, -0.2) is 4.39 Å². The third-order valence-electron chi connectivity index (χ3n) is 8.09. The molecule has 29 heavy (non-hydrogen) atoms. The molecule has 0 amide bonds. The lowest BCUT2D eigenvalue weighted by molar-refractivity contribution is -0.158. The zero-order valence-corrected chi connectivity index (χ0v) is 18.5. The van der Waals surface area contributed by atoms with Crippen molar-refractivity contribution in [1.82, 2.24) is 0 Å². The Morgan fingerprint density at radius 3 is 2.21 bits per heavy atom. The van der Waals surface area contributed by atoms with Crippen LogP contribution in [0.15, 0.2) is 4.99 Å². The molecule has 0 saturated heterocycles. The molecule has 0 bridgehead atoms. The van der Waals surface area contributed by atoms with E-state index < -0.39 is 6.17 Å². The first-order valence-corrected chi connectivity index (χ1v) is 12.4. The van der Waals surface area contributed by atoms with Crippen LogP contribution in [0.1, 0.15) is 103 Å². The fourth-order valence-corrected chi connectivity index (χ4v) is 6.09. The van der Waals surface area contributed by atoms with Crippen LogP contribution in [0, 0.1) is 23.7 Å². The van der Waals surface area contributed by atoms with Crippen LogP contribution in [0.25, 0.3) is 0 Å². The number of rotatable bonds is 8. The van der Waals surface area contributed by atoms with Gasteiger partial charge in [0.25, 0.3) is 0 Å². The van der Waals surface area contributed by atoms with Crippen LogP contribution in [-0.2, 0) is 9.53 Å². The highest BCUT2D eigenvalue weighted by Gasteiger charge is 2.36. The molecule has 0 radical (unpaired) electrons. The van der Waals surface area contributed by atoms with Gasteiger partial charge in [0.1, 0.15) is 12.3 Å². The molecule has 0 aromatic carbocycles. The number of aliphatic imine (C=N–C) groups is 1. The first-order valence-electron chi connectivity index (χ1n) is 12.4. The summed E-state index contributed by atoms with van der Waals surface area (Å²) in [5.41, 5.74) is 0. The number of unbranched alkanes of at least 4 members (excludes halogenated alkanes) is 2. The summed E-state index contributed by atoms with van der Waals surface area (Å²) in [5, 5.41) is 0. The lowest BCUT2D eigenvalue weighted by atomic mass is 9.68. The number of hydrogen-bond acceptors (Lipinski definition) is 3. The lowest BCUT2D eigenvalue weighted by Crippen LogP contribution is -2.36.